The molecule has 0 unspecified atom stereocenters. The average molecular weight is 470 g/mol. The van der Waals surface area contributed by atoms with Gasteiger partial charge in [-0.15, -0.1) is 11.3 Å². The number of hydrogen-bond donors (Lipinski definition) is 1. The van der Waals surface area contributed by atoms with Crippen molar-refractivity contribution >= 4 is 45.4 Å². The lowest BCUT2D eigenvalue weighted by molar-refractivity contribution is -0.116. The van der Waals surface area contributed by atoms with E-state index in [-0.39, 0.29) is 18.6 Å². The summed E-state index contributed by atoms with van der Waals surface area (Å²) in [4.78, 5) is 40.0. The number of halogens is 1. The molecule has 164 valence electrons. The number of nitrogens with one attached hydrogen (secondary N) is 1. The van der Waals surface area contributed by atoms with Crippen molar-refractivity contribution in [2.24, 2.45) is 0 Å². The van der Waals surface area contributed by atoms with Gasteiger partial charge in [0, 0.05) is 17.1 Å². The fraction of sp³-hybridized carbons (Fsp3) is 0.174. The first kappa shape index (κ1) is 21.9. The third-order valence-electron chi connectivity index (χ3n) is 5.03. The Kier molecular flexibility index (Phi) is 6.43. The van der Waals surface area contributed by atoms with E-state index >= 15 is 0 Å². The lowest BCUT2D eigenvalue weighted by Crippen LogP contribution is -2.42. The van der Waals surface area contributed by atoms with Crippen LogP contribution in [0, 0.1) is 0 Å². The molecule has 1 amide bonds. The van der Waals surface area contributed by atoms with Crippen molar-refractivity contribution in [3.8, 4) is 5.75 Å². The number of nitrogens with zero attached hydrogens (tertiary/aromatic N) is 2. The van der Waals surface area contributed by atoms with Crippen molar-refractivity contribution in [2.45, 2.75) is 19.5 Å². The Morgan fingerprint density at radius 3 is 2.62 bits per heavy atom. The van der Waals surface area contributed by atoms with Crippen molar-refractivity contribution < 1.29 is 9.53 Å². The number of methoxy groups -OCH3 is 1. The fourth-order valence-electron chi connectivity index (χ4n) is 3.49. The van der Waals surface area contributed by atoms with E-state index in [1.54, 1.807) is 53.8 Å². The van der Waals surface area contributed by atoms with Crippen molar-refractivity contribution in [3.05, 3.63) is 90.7 Å². The van der Waals surface area contributed by atoms with E-state index in [0.717, 1.165) is 4.88 Å². The first-order chi connectivity index (χ1) is 15.5. The number of rotatable bonds is 7. The molecule has 7 nitrogen and oxygen atoms in total. The normalized spacial score (nSPS) is 10.9. The molecule has 4 rings (SSSR count). The van der Waals surface area contributed by atoms with Gasteiger partial charge in [-0.05, 0) is 48.2 Å². The number of ether oxygens (including phenoxy) is 1. The highest BCUT2D eigenvalue weighted by atomic mass is 35.5. The van der Waals surface area contributed by atoms with Crippen molar-refractivity contribution in [1.82, 2.24) is 9.13 Å². The van der Waals surface area contributed by atoms with Gasteiger partial charge >= 0.3 is 5.69 Å². The predicted molar refractivity (Wildman–Crippen MR) is 127 cm³/mol. The summed E-state index contributed by atoms with van der Waals surface area (Å²) >= 11 is 7.69. The minimum absolute atomic E-state index is 0.235. The van der Waals surface area contributed by atoms with Crippen LogP contribution in [0.4, 0.5) is 5.69 Å². The minimum atomic E-state index is -0.520. The molecule has 4 aromatic rings. The van der Waals surface area contributed by atoms with Gasteiger partial charge in [-0.2, -0.15) is 0 Å². The summed E-state index contributed by atoms with van der Waals surface area (Å²) < 4.78 is 7.64. The van der Waals surface area contributed by atoms with Gasteiger partial charge in [0.25, 0.3) is 5.56 Å². The van der Waals surface area contributed by atoms with Gasteiger partial charge in [-0.3, -0.25) is 18.7 Å². The number of fused-ring (bicyclic) bond motifs is 1. The van der Waals surface area contributed by atoms with Gasteiger partial charge in [0.1, 0.15) is 12.3 Å². The predicted octanol–water partition coefficient (Wildman–Crippen LogP) is 3.77. The van der Waals surface area contributed by atoms with Crippen LogP contribution < -0.4 is 21.3 Å². The lowest BCUT2D eigenvalue weighted by atomic mass is 10.2. The van der Waals surface area contributed by atoms with E-state index in [1.807, 2.05) is 17.5 Å². The maximum absolute atomic E-state index is 13.2. The third kappa shape index (κ3) is 4.46. The van der Waals surface area contributed by atoms with Crippen LogP contribution >= 0.6 is 22.9 Å². The second-order valence-corrected chi connectivity index (χ2v) is 8.51. The number of para-hydroxylation sites is 1. The number of carbonyl (C=O) groups excluding carboxylic acids is 1. The maximum Gasteiger partial charge on any atom is 0.331 e. The molecule has 1 N–H and O–H groups in total. The molecule has 9 heteroatoms. The zero-order chi connectivity index (χ0) is 22.7. The average Bonchev–Trinajstić information content (AvgIpc) is 3.30. The van der Waals surface area contributed by atoms with E-state index in [1.165, 1.54) is 16.2 Å². The number of hydrogen-bond acceptors (Lipinski definition) is 5. The van der Waals surface area contributed by atoms with Crippen LogP contribution in [0.15, 0.2) is 69.6 Å². The minimum Gasteiger partial charge on any atom is -0.495 e. The van der Waals surface area contributed by atoms with Crippen molar-refractivity contribution in [2.75, 3.05) is 12.4 Å². The fourth-order valence-corrected chi connectivity index (χ4v) is 4.44. The summed E-state index contributed by atoms with van der Waals surface area (Å²) in [5.74, 6) is 0.0756. The van der Waals surface area contributed by atoms with Crippen LogP contribution in [0.1, 0.15) is 4.88 Å². The SMILES string of the molecule is COc1ccc(NC(=O)Cn2c(=O)n(CCc3cccs3)c(=O)c3ccccc32)cc1Cl. The maximum atomic E-state index is 13.2. The molecular weight excluding hydrogens is 450 g/mol. The van der Waals surface area contributed by atoms with E-state index in [4.69, 9.17) is 16.3 Å². The highest BCUT2D eigenvalue weighted by Gasteiger charge is 2.16. The Morgan fingerprint density at radius 2 is 1.91 bits per heavy atom. The molecule has 0 bridgehead atoms. The number of benzene rings is 2. The number of thiophene rings is 1. The van der Waals surface area contributed by atoms with Gasteiger partial charge in [0.2, 0.25) is 5.91 Å². The number of aromatic nitrogens is 2. The standard InChI is InChI=1S/C23H20ClN3O4S/c1-31-20-9-8-15(13-18(20)24)25-21(28)14-27-19-7-3-2-6-17(19)22(29)26(23(27)30)11-10-16-5-4-12-32-16/h2-9,12-13H,10-11,14H2,1H3,(H,25,28). The van der Waals surface area contributed by atoms with Crippen molar-refractivity contribution in [1.29, 1.82) is 0 Å². The zero-order valence-corrected chi connectivity index (χ0v) is 18.8. The van der Waals surface area contributed by atoms with Gasteiger partial charge in [-0.25, -0.2) is 4.79 Å². The molecule has 2 heterocycles. The van der Waals surface area contributed by atoms with Gasteiger partial charge in [-0.1, -0.05) is 29.8 Å². The molecule has 0 aliphatic rings. The molecule has 0 aliphatic heterocycles. The summed E-state index contributed by atoms with van der Waals surface area (Å²) in [5, 5.41) is 5.43. The second-order valence-electron chi connectivity index (χ2n) is 7.07. The molecule has 0 saturated heterocycles. The molecule has 0 saturated carbocycles. The van der Waals surface area contributed by atoms with E-state index in [2.05, 4.69) is 5.32 Å². The molecule has 0 spiro atoms. The quantitative estimate of drug-likeness (QED) is 0.446. The first-order valence-electron chi connectivity index (χ1n) is 9.86. The van der Waals surface area contributed by atoms with E-state index in [9.17, 15) is 14.4 Å². The number of amides is 1. The highest BCUT2D eigenvalue weighted by Crippen LogP contribution is 2.27. The van der Waals surface area contributed by atoms with Crippen LogP contribution in [0.3, 0.4) is 0 Å². The molecule has 32 heavy (non-hydrogen) atoms. The molecular formula is C23H20ClN3O4S. The molecule has 0 atom stereocenters. The van der Waals surface area contributed by atoms with Gasteiger partial charge in [0.05, 0.1) is 23.0 Å². The number of anilines is 1. The van der Waals surface area contributed by atoms with Crippen LogP contribution in [-0.4, -0.2) is 22.2 Å². The van der Waals surface area contributed by atoms with E-state index in [0.29, 0.717) is 33.8 Å². The molecule has 0 aliphatic carbocycles. The third-order valence-corrected chi connectivity index (χ3v) is 6.26. The Labute approximate surface area is 192 Å². The summed E-state index contributed by atoms with van der Waals surface area (Å²) in [6.45, 7) is -0.0129. The lowest BCUT2D eigenvalue weighted by Gasteiger charge is -2.14. The summed E-state index contributed by atoms with van der Waals surface area (Å²) in [7, 11) is 1.50. The molecule has 2 aromatic carbocycles. The monoisotopic (exact) mass is 469 g/mol. The van der Waals surface area contributed by atoms with Crippen molar-refractivity contribution in [3.63, 3.8) is 0 Å². The second kappa shape index (κ2) is 9.42. The Bertz CT molecular complexity index is 1390. The molecule has 0 radical (unpaired) electrons. The molecule has 0 fully saturated rings. The first-order valence-corrected chi connectivity index (χ1v) is 11.1. The van der Waals surface area contributed by atoms with Gasteiger partial charge in [0.15, 0.2) is 0 Å². The van der Waals surface area contributed by atoms with Gasteiger partial charge < -0.3 is 10.1 Å². The Morgan fingerprint density at radius 1 is 1.09 bits per heavy atom. The Hall–Kier alpha value is -3.36. The largest absolute Gasteiger partial charge is 0.495 e. The zero-order valence-electron chi connectivity index (χ0n) is 17.2. The van der Waals surface area contributed by atoms with Crippen LogP contribution in [0.25, 0.3) is 10.9 Å². The summed E-state index contributed by atoms with van der Waals surface area (Å²) in [6.07, 6.45) is 0.557. The number of aryl methyl sites for hydroxylation is 1. The summed E-state index contributed by atoms with van der Waals surface area (Å²) in [5.41, 5.74) is 0.0101. The van der Waals surface area contributed by atoms with Crippen LogP contribution in [0.2, 0.25) is 5.02 Å². The van der Waals surface area contributed by atoms with E-state index < -0.39 is 11.6 Å². The van der Waals surface area contributed by atoms with Crippen LogP contribution in [0.5, 0.6) is 5.75 Å². The van der Waals surface area contributed by atoms with Crippen LogP contribution in [-0.2, 0) is 24.3 Å². The molecule has 2 aromatic heterocycles. The smallest absolute Gasteiger partial charge is 0.331 e. The topological polar surface area (TPSA) is 82.3 Å². The summed E-state index contributed by atoms with van der Waals surface area (Å²) in [6, 6.07) is 15.6. The highest BCUT2D eigenvalue weighted by molar-refractivity contribution is 7.09. The Balaban J connectivity index is 1.66. The number of carbonyl (C=O) groups is 1.